The number of hydrogen-bond donors (Lipinski definition) is 1. The molecule has 0 radical (unpaired) electrons. The molecule has 1 aromatic carbocycles. The van der Waals surface area contributed by atoms with Gasteiger partial charge in [-0.1, -0.05) is 22.9 Å². The van der Waals surface area contributed by atoms with Gasteiger partial charge in [0.25, 0.3) is 0 Å². The van der Waals surface area contributed by atoms with Crippen molar-refractivity contribution < 1.29 is 4.74 Å². The van der Waals surface area contributed by atoms with Gasteiger partial charge < -0.3 is 10.1 Å². The van der Waals surface area contributed by atoms with Crippen LogP contribution in [0.4, 0.5) is 0 Å². The van der Waals surface area contributed by atoms with Gasteiger partial charge in [-0.05, 0) is 37.6 Å². The molecule has 0 bridgehead atoms. The fourth-order valence-corrected chi connectivity index (χ4v) is 1.98. The first-order valence-electron chi connectivity index (χ1n) is 6.26. The first-order valence-corrected chi connectivity index (χ1v) is 7.06. The van der Waals surface area contributed by atoms with Crippen LogP contribution in [0.3, 0.4) is 0 Å². The van der Waals surface area contributed by atoms with Gasteiger partial charge in [-0.25, -0.2) is 0 Å². The Hall–Kier alpha value is -1.05. The number of nitrogens with one attached hydrogen (secondary N) is 1. The van der Waals surface area contributed by atoms with Crippen LogP contribution in [0.15, 0.2) is 22.7 Å². The Bertz CT molecular complexity index is 401. The topological polar surface area (TPSA) is 45.0 Å². The summed E-state index contributed by atoms with van der Waals surface area (Å²) < 4.78 is 6.83. The molecule has 0 aromatic heterocycles. The molecule has 1 aromatic rings. The van der Waals surface area contributed by atoms with Crippen LogP contribution in [0.5, 0.6) is 5.75 Å². The quantitative estimate of drug-likeness (QED) is 0.746. The smallest absolute Gasteiger partial charge is 0.123 e. The molecule has 4 heteroatoms. The number of ether oxygens (including phenoxy) is 1. The Balaban J connectivity index is 2.50. The molecule has 1 N–H and O–H groups in total. The molecular weight excluding hydrogens is 292 g/mol. The lowest BCUT2D eigenvalue weighted by Gasteiger charge is -2.12. The first kappa shape index (κ1) is 15.0. The molecule has 0 fully saturated rings. The van der Waals surface area contributed by atoms with Crippen LogP contribution < -0.4 is 10.1 Å². The summed E-state index contributed by atoms with van der Waals surface area (Å²) in [6, 6.07) is 8.19. The fraction of sp³-hybridized carbons (Fsp3) is 0.500. The van der Waals surface area contributed by atoms with E-state index >= 15 is 0 Å². The van der Waals surface area contributed by atoms with Gasteiger partial charge in [-0.3, -0.25) is 0 Å². The predicted octanol–water partition coefficient (Wildman–Crippen LogP) is 3.63. The zero-order valence-corrected chi connectivity index (χ0v) is 12.3. The number of nitrogens with zero attached hydrogens (tertiary/aromatic N) is 1. The van der Waals surface area contributed by atoms with E-state index in [1.165, 1.54) is 0 Å². The normalized spacial score (nSPS) is 10.1. The molecule has 0 saturated carbocycles. The third-order valence-corrected chi connectivity index (χ3v) is 3.02. The van der Waals surface area contributed by atoms with E-state index in [2.05, 4.69) is 40.3 Å². The maximum atomic E-state index is 8.45. The van der Waals surface area contributed by atoms with E-state index in [4.69, 9.17) is 10.00 Å². The SMILES string of the molecule is CCNCc1cc(Br)ccc1OCCCCC#N. The molecular formula is C14H19BrN2O. The molecule has 0 aliphatic carbocycles. The molecule has 0 heterocycles. The van der Waals surface area contributed by atoms with E-state index in [0.29, 0.717) is 13.0 Å². The zero-order valence-electron chi connectivity index (χ0n) is 10.7. The average molecular weight is 311 g/mol. The van der Waals surface area contributed by atoms with E-state index in [-0.39, 0.29) is 0 Å². The van der Waals surface area contributed by atoms with Crippen molar-refractivity contribution in [2.24, 2.45) is 0 Å². The summed E-state index contributed by atoms with van der Waals surface area (Å²) in [5, 5.41) is 11.7. The van der Waals surface area contributed by atoms with Gasteiger partial charge in [0, 0.05) is 23.0 Å². The third kappa shape index (κ3) is 5.52. The lowest BCUT2D eigenvalue weighted by atomic mass is 10.2. The second-order valence-electron chi connectivity index (χ2n) is 4.00. The highest BCUT2D eigenvalue weighted by atomic mass is 79.9. The molecule has 1 rings (SSSR count). The first-order chi connectivity index (χ1) is 8.77. The van der Waals surface area contributed by atoms with Crippen LogP contribution >= 0.6 is 15.9 Å². The molecule has 0 spiro atoms. The summed E-state index contributed by atoms with van der Waals surface area (Å²) in [5.41, 5.74) is 1.16. The minimum absolute atomic E-state index is 0.605. The molecule has 0 aliphatic rings. The van der Waals surface area contributed by atoms with E-state index < -0.39 is 0 Å². The number of benzene rings is 1. The summed E-state index contributed by atoms with van der Waals surface area (Å²) in [6.45, 7) is 4.50. The Morgan fingerprint density at radius 1 is 1.39 bits per heavy atom. The van der Waals surface area contributed by atoms with Gasteiger partial charge in [0.2, 0.25) is 0 Å². The fourth-order valence-electron chi connectivity index (χ4n) is 1.57. The standard InChI is InChI=1S/C14H19BrN2O/c1-2-17-11-12-10-13(15)6-7-14(12)18-9-5-3-4-8-16/h6-7,10,17H,2-5,9,11H2,1H3. The minimum Gasteiger partial charge on any atom is -0.493 e. The van der Waals surface area contributed by atoms with Gasteiger partial charge in [0.15, 0.2) is 0 Å². The van der Waals surface area contributed by atoms with Crippen LogP contribution in [0.1, 0.15) is 31.7 Å². The maximum Gasteiger partial charge on any atom is 0.123 e. The second-order valence-corrected chi connectivity index (χ2v) is 4.91. The molecule has 0 saturated heterocycles. The summed E-state index contributed by atoms with van der Waals surface area (Å²) in [4.78, 5) is 0. The molecule has 0 aliphatic heterocycles. The van der Waals surface area contributed by atoms with Crippen LogP contribution in [0.2, 0.25) is 0 Å². The molecule has 3 nitrogen and oxygen atoms in total. The van der Waals surface area contributed by atoms with Crippen molar-refractivity contribution in [1.29, 1.82) is 5.26 Å². The van der Waals surface area contributed by atoms with Gasteiger partial charge in [0.05, 0.1) is 12.7 Å². The monoisotopic (exact) mass is 310 g/mol. The van der Waals surface area contributed by atoms with Gasteiger partial charge in [-0.15, -0.1) is 0 Å². The van der Waals surface area contributed by atoms with Crippen LogP contribution in [0.25, 0.3) is 0 Å². The number of rotatable bonds is 8. The molecule has 18 heavy (non-hydrogen) atoms. The van der Waals surface area contributed by atoms with Crippen molar-refractivity contribution in [3.63, 3.8) is 0 Å². The average Bonchev–Trinajstić information content (AvgIpc) is 2.38. The van der Waals surface area contributed by atoms with Crippen LogP contribution in [-0.2, 0) is 6.54 Å². The highest BCUT2D eigenvalue weighted by molar-refractivity contribution is 9.10. The molecule has 98 valence electrons. The number of nitriles is 1. The summed E-state index contributed by atoms with van der Waals surface area (Å²) in [6.07, 6.45) is 2.42. The zero-order chi connectivity index (χ0) is 13.2. The van der Waals surface area contributed by atoms with Crippen molar-refractivity contribution in [3.8, 4) is 11.8 Å². The van der Waals surface area contributed by atoms with E-state index in [1.807, 2.05) is 12.1 Å². The highest BCUT2D eigenvalue weighted by Gasteiger charge is 2.04. The van der Waals surface area contributed by atoms with E-state index in [1.54, 1.807) is 0 Å². The van der Waals surface area contributed by atoms with Crippen LogP contribution in [-0.4, -0.2) is 13.2 Å². The van der Waals surface area contributed by atoms with Crippen molar-refractivity contribution in [2.75, 3.05) is 13.2 Å². The Morgan fingerprint density at radius 3 is 2.94 bits per heavy atom. The van der Waals surface area contributed by atoms with Gasteiger partial charge in [0.1, 0.15) is 5.75 Å². The second kappa shape index (κ2) is 8.96. The summed E-state index contributed by atoms with van der Waals surface area (Å²) in [7, 11) is 0. The van der Waals surface area contributed by atoms with Gasteiger partial charge in [-0.2, -0.15) is 5.26 Å². The lowest BCUT2D eigenvalue weighted by molar-refractivity contribution is 0.304. The molecule has 0 unspecified atom stereocenters. The van der Waals surface area contributed by atoms with Crippen molar-refractivity contribution in [1.82, 2.24) is 5.32 Å². The third-order valence-electron chi connectivity index (χ3n) is 2.53. The molecule has 0 amide bonds. The summed E-state index contributed by atoms with van der Waals surface area (Å²) in [5.74, 6) is 0.927. The molecule has 0 atom stereocenters. The Morgan fingerprint density at radius 2 is 2.22 bits per heavy atom. The Labute approximate surface area is 117 Å². The van der Waals surface area contributed by atoms with E-state index in [9.17, 15) is 0 Å². The highest BCUT2D eigenvalue weighted by Crippen LogP contribution is 2.23. The number of unbranched alkanes of at least 4 members (excludes halogenated alkanes) is 2. The van der Waals surface area contributed by atoms with Crippen molar-refractivity contribution >= 4 is 15.9 Å². The Kier molecular flexibility index (Phi) is 7.47. The minimum atomic E-state index is 0.605. The summed E-state index contributed by atoms with van der Waals surface area (Å²) >= 11 is 3.47. The lowest BCUT2D eigenvalue weighted by Crippen LogP contribution is -2.13. The van der Waals surface area contributed by atoms with E-state index in [0.717, 1.165) is 41.7 Å². The predicted molar refractivity (Wildman–Crippen MR) is 76.5 cm³/mol. The number of halogens is 1. The number of hydrogen-bond acceptors (Lipinski definition) is 3. The van der Waals surface area contributed by atoms with Crippen LogP contribution in [0, 0.1) is 11.3 Å². The van der Waals surface area contributed by atoms with Gasteiger partial charge >= 0.3 is 0 Å². The largest absolute Gasteiger partial charge is 0.493 e. The van der Waals surface area contributed by atoms with Crippen molar-refractivity contribution in [2.45, 2.75) is 32.7 Å². The maximum absolute atomic E-state index is 8.45. The van der Waals surface area contributed by atoms with Crippen molar-refractivity contribution in [3.05, 3.63) is 28.2 Å².